The molecule has 0 aliphatic heterocycles. The number of hydrogen-bond acceptors (Lipinski definition) is 2. The fourth-order valence-electron chi connectivity index (χ4n) is 3.00. The van der Waals surface area contributed by atoms with Crippen LogP contribution in [0.4, 0.5) is 0 Å². The molecule has 0 bridgehead atoms. The number of methoxy groups -OCH3 is 1. The van der Waals surface area contributed by atoms with Gasteiger partial charge >= 0.3 is 0 Å². The number of likely N-dealkylation sites (N-methyl/N-ethyl adjacent to an activating group) is 1. The molecule has 0 radical (unpaired) electrons. The molecule has 0 amide bonds. The van der Waals surface area contributed by atoms with Gasteiger partial charge in [-0.25, -0.2) is 0 Å². The minimum Gasteiger partial charge on any atom is -0.379 e. The van der Waals surface area contributed by atoms with Crippen molar-refractivity contribution in [1.82, 2.24) is 5.32 Å². The molecule has 1 rings (SSSR count). The molecule has 1 aromatic carbocycles. The lowest BCUT2D eigenvalue weighted by atomic mass is 9.78. The quantitative estimate of drug-likeness (QED) is 0.717. The lowest BCUT2D eigenvalue weighted by molar-refractivity contribution is 0.0107. The van der Waals surface area contributed by atoms with E-state index in [1.165, 1.54) is 12.0 Å². The van der Waals surface area contributed by atoms with Crippen molar-refractivity contribution < 1.29 is 4.74 Å². The predicted octanol–water partition coefficient (Wildman–Crippen LogP) is 4.61. The molecule has 0 saturated heterocycles. The summed E-state index contributed by atoms with van der Waals surface area (Å²) in [6.07, 6.45) is 3.39. The third-order valence-electron chi connectivity index (χ3n) is 4.86. The van der Waals surface area contributed by atoms with E-state index < -0.39 is 0 Å². The normalized spacial score (nSPS) is 16.5. The molecule has 0 aliphatic rings. The first-order chi connectivity index (χ1) is 9.95. The summed E-state index contributed by atoms with van der Waals surface area (Å²) in [5.41, 5.74) is 1.40. The highest BCUT2D eigenvalue weighted by molar-refractivity contribution is 5.22. The largest absolute Gasteiger partial charge is 0.379 e. The Hall–Kier alpha value is -0.860. The summed E-state index contributed by atoms with van der Waals surface area (Å²) in [4.78, 5) is 0. The summed E-state index contributed by atoms with van der Waals surface area (Å²) in [6.45, 7) is 8.98. The van der Waals surface area contributed by atoms with Crippen molar-refractivity contribution in [3.63, 3.8) is 0 Å². The topological polar surface area (TPSA) is 21.3 Å². The van der Waals surface area contributed by atoms with Gasteiger partial charge < -0.3 is 10.1 Å². The van der Waals surface area contributed by atoms with Crippen LogP contribution in [0.1, 0.15) is 58.4 Å². The zero-order chi connectivity index (χ0) is 15.9. The van der Waals surface area contributed by atoms with Crippen LogP contribution in [0.15, 0.2) is 30.3 Å². The monoisotopic (exact) mass is 291 g/mol. The second kappa shape index (κ2) is 8.55. The van der Waals surface area contributed by atoms with Crippen molar-refractivity contribution >= 4 is 0 Å². The zero-order valence-corrected chi connectivity index (χ0v) is 14.6. The fraction of sp³-hybridized carbons (Fsp3) is 0.684. The summed E-state index contributed by atoms with van der Waals surface area (Å²) in [5, 5.41) is 3.56. The Labute approximate surface area is 131 Å². The number of nitrogens with one attached hydrogen (secondary N) is 1. The van der Waals surface area contributed by atoms with Gasteiger partial charge in [-0.1, -0.05) is 50.6 Å². The number of benzene rings is 1. The Bertz CT molecular complexity index is 388. The van der Waals surface area contributed by atoms with Crippen LogP contribution >= 0.6 is 0 Å². The van der Waals surface area contributed by atoms with Crippen molar-refractivity contribution in [3.8, 4) is 0 Å². The van der Waals surface area contributed by atoms with Crippen molar-refractivity contribution in [2.45, 2.75) is 64.5 Å². The van der Waals surface area contributed by atoms with E-state index in [1.807, 2.05) is 0 Å². The SMILES string of the molecule is CCC(C)C(c1ccccc1)C(CCC(C)(C)OC)NC. The standard InChI is InChI=1S/C19H33NO/c1-7-15(2)18(16-11-9-8-10-12-16)17(20-5)13-14-19(3,4)21-6/h8-12,15,17-18,20H,7,13-14H2,1-6H3. The molecule has 0 saturated carbocycles. The first-order valence-electron chi connectivity index (χ1n) is 8.22. The van der Waals surface area contributed by atoms with Gasteiger partial charge in [0.1, 0.15) is 0 Å². The van der Waals surface area contributed by atoms with E-state index in [9.17, 15) is 0 Å². The van der Waals surface area contributed by atoms with E-state index in [2.05, 4.69) is 70.4 Å². The van der Waals surface area contributed by atoms with Crippen LogP contribution in [-0.2, 0) is 4.74 Å². The molecule has 0 aromatic heterocycles. The Morgan fingerprint density at radius 1 is 1.19 bits per heavy atom. The van der Waals surface area contributed by atoms with Gasteiger partial charge in [-0.3, -0.25) is 0 Å². The molecule has 3 atom stereocenters. The third kappa shape index (κ3) is 5.44. The van der Waals surface area contributed by atoms with E-state index in [-0.39, 0.29) is 5.60 Å². The van der Waals surface area contributed by atoms with Crippen LogP contribution < -0.4 is 5.32 Å². The van der Waals surface area contributed by atoms with Crippen LogP contribution in [0.3, 0.4) is 0 Å². The van der Waals surface area contributed by atoms with Gasteiger partial charge in [-0.05, 0) is 45.2 Å². The van der Waals surface area contributed by atoms with Crippen molar-refractivity contribution in [2.75, 3.05) is 14.2 Å². The van der Waals surface area contributed by atoms with Crippen LogP contribution in [-0.4, -0.2) is 25.8 Å². The van der Waals surface area contributed by atoms with Crippen LogP contribution in [0.25, 0.3) is 0 Å². The zero-order valence-electron chi connectivity index (χ0n) is 14.6. The molecule has 120 valence electrons. The Kier molecular flexibility index (Phi) is 7.41. The molecule has 0 heterocycles. The van der Waals surface area contributed by atoms with E-state index in [1.54, 1.807) is 7.11 Å². The molecule has 2 nitrogen and oxygen atoms in total. The minimum absolute atomic E-state index is 0.0498. The molecule has 1 aromatic rings. The first kappa shape index (κ1) is 18.2. The predicted molar refractivity (Wildman–Crippen MR) is 91.8 cm³/mol. The van der Waals surface area contributed by atoms with Crippen molar-refractivity contribution in [3.05, 3.63) is 35.9 Å². The maximum atomic E-state index is 5.58. The molecule has 1 N–H and O–H groups in total. The minimum atomic E-state index is -0.0498. The van der Waals surface area contributed by atoms with Crippen LogP contribution in [0.2, 0.25) is 0 Å². The smallest absolute Gasteiger partial charge is 0.0623 e. The second-order valence-electron chi connectivity index (χ2n) is 6.72. The Morgan fingerprint density at radius 2 is 1.81 bits per heavy atom. The highest BCUT2D eigenvalue weighted by Gasteiger charge is 2.28. The summed E-state index contributed by atoms with van der Waals surface area (Å²) >= 11 is 0. The van der Waals surface area contributed by atoms with E-state index in [0.717, 1.165) is 12.8 Å². The summed E-state index contributed by atoms with van der Waals surface area (Å²) < 4.78 is 5.58. The van der Waals surface area contributed by atoms with Crippen LogP contribution in [0, 0.1) is 5.92 Å². The fourth-order valence-corrected chi connectivity index (χ4v) is 3.00. The highest BCUT2D eigenvalue weighted by atomic mass is 16.5. The van der Waals surface area contributed by atoms with E-state index in [0.29, 0.717) is 17.9 Å². The molecule has 0 spiro atoms. The molecule has 0 fully saturated rings. The van der Waals surface area contributed by atoms with Crippen LogP contribution in [0.5, 0.6) is 0 Å². The van der Waals surface area contributed by atoms with Gasteiger partial charge in [-0.15, -0.1) is 0 Å². The second-order valence-corrected chi connectivity index (χ2v) is 6.72. The average molecular weight is 291 g/mol. The van der Waals surface area contributed by atoms with E-state index in [4.69, 9.17) is 4.74 Å². The lowest BCUT2D eigenvalue weighted by Gasteiger charge is -2.34. The number of ether oxygens (including phenoxy) is 1. The summed E-state index contributed by atoms with van der Waals surface area (Å²) in [7, 11) is 3.89. The lowest BCUT2D eigenvalue weighted by Crippen LogP contribution is -2.37. The maximum absolute atomic E-state index is 5.58. The average Bonchev–Trinajstić information content (AvgIpc) is 2.51. The highest BCUT2D eigenvalue weighted by Crippen LogP contribution is 2.33. The van der Waals surface area contributed by atoms with Gasteiger partial charge in [0.15, 0.2) is 0 Å². The molecule has 21 heavy (non-hydrogen) atoms. The van der Waals surface area contributed by atoms with Crippen molar-refractivity contribution in [2.24, 2.45) is 5.92 Å². The third-order valence-corrected chi connectivity index (χ3v) is 4.86. The molecular formula is C19H33NO. The Balaban J connectivity index is 2.89. The maximum Gasteiger partial charge on any atom is 0.0623 e. The molecule has 2 heteroatoms. The van der Waals surface area contributed by atoms with Crippen molar-refractivity contribution in [1.29, 1.82) is 0 Å². The molecule has 0 aliphatic carbocycles. The van der Waals surface area contributed by atoms with Gasteiger partial charge in [0.2, 0.25) is 0 Å². The van der Waals surface area contributed by atoms with E-state index >= 15 is 0 Å². The van der Waals surface area contributed by atoms with Gasteiger partial charge in [0.05, 0.1) is 5.60 Å². The van der Waals surface area contributed by atoms with Gasteiger partial charge in [-0.2, -0.15) is 0 Å². The summed E-state index contributed by atoms with van der Waals surface area (Å²) in [6, 6.07) is 11.4. The Morgan fingerprint density at radius 3 is 2.29 bits per heavy atom. The molecular weight excluding hydrogens is 258 g/mol. The van der Waals surface area contributed by atoms with Gasteiger partial charge in [0, 0.05) is 19.1 Å². The first-order valence-corrected chi connectivity index (χ1v) is 8.22. The van der Waals surface area contributed by atoms with Gasteiger partial charge in [0.25, 0.3) is 0 Å². The molecule has 3 unspecified atom stereocenters. The number of rotatable bonds is 9. The number of hydrogen-bond donors (Lipinski definition) is 1. The summed E-state index contributed by atoms with van der Waals surface area (Å²) in [5.74, 6) is 1.21.